The molecule has 0 aliphatic rings. The van der Waals surface area contributed by atoms with Crippen molar-refractivity contribution in [1.82, 2.24) is 5.32 Å². The normalized spacial score (nSPS) is 12.8. The monoisotopic (exact) mass is 257 g/mol. The lowest BCUT2D eigenvalue weighted by Gasteiger charge is -2.17. The maximum atomic E-state index is 11.6. The third-order valence-electron chi connectivity index (χ3n) is 2.45. The lowest BCUT2D eigenvalue weighted by Crippen LogP contribution is -2.37. The van der Waals surface area contributed by atoms with E-state index in [1.54, 1.807) is 23.1 Å². The number of hydrogen-bond acceptors (Lipinski definition) is 3. The van der Waals surface area contributed by atoms with Crippen molar-refractivity contribution in [2.24, 2.45) is 5.92 Å². The standard InChI is InChI=1S/C12H19NOS2/c1-9(2)10(3)13-12(14)8-15-7-11-5-4-6-16-11/h4-6,9-10H,7-8H2,1-3H3,(H,13,14)/t10-/m0/s1. The van der Waals surface area contributed by atoms with Gasteiger partial charge in [-0.2, -0.15) is 0 Å². The van der Waals surface area contributed by atoms with Gasteiger partial charge in [-0.3, -0.25) is 4.79 Å². The number of carbonyl (C=O) groups excluding carboxylic acids is 1. The molecule has 4 heteroatoms. The lowest BCUT2D eigenvalue weighted by atomic mass is 10.1. The Morgan fingerprint density at radius 2 is 2.25 bits per heavy atom. The van der Waals surface area contributed by atoms with Crippen molar-refractivity contribution >= 4 is 29.0 Å². The molecule has 90 valence electrons. The van der Waals surface area contributed by atoms with E-state index in [1.807, 2.05) is 13.0 Å². The van der Waals surface area contributed by atoms with Crippen LogP contribution in [-0.4, -0.2) is 17.7 Å². The van der Waals surface area contributed by atoms with Crippen LogP contribution in [0, 0.1) is 5.92 Å². The molecule has 2 nitrogen and oxygen atoms in total. The highest BCUT2D eigenvalue weighted by molar-refractivity contribution is 7.99. The zero-order valence-electron chi connectivity index (χ0n) is 10.0. The Morgan fingerprint density at radius 3 is 2.81 bits per heavy atom. The van der Waals surface area contributed by atoms with Crippen LogP contribution in [0.2, 0.25) is 0 Å². The summed E-state index contributed by atoms with van der Waals surface area (Å²) in [4.78, 5) is 12.9. The van der Waals surface area contributed by atoms with Gasteiger partial charge in [0.2, 0.25) is 5.91 Å². The molecule has 1 heterocycles. The molecule has 0 saturated heterocycles. The predicted molar refractivity (Wildman–Crippen MR) is 72.9 cm³/mol. The molecule has 0 fully saturated rings. The van der Waals surface area contributed by atoms with Crippen molar-refractivity contribution in [3.63, 3.8) is 0 Å². The quantitative estimate of drug-likeness (QED) is 0.848. The van der Waals surface area contributed by atoms with Crippen LogP contribution in [0.15, 0.2) is 17.5 Å². The molecule has 0 unspecified atom stereocenters. The van der Waals surface area contributed by atoms with Gasteiger partial charge in [-0.05, 0) is 24.3 Å². The van der Waals surface area contributed by atoms with E-state index in [9.17, 15) is 4.79 Å². The number of rotatable bonds is 6. The summed E-state index contributed by atoms with van der Waals surface area (Å²) in [7, 11) is 0. The third-order valence-corrected chi connectivity index (χ3v) is 4.49. The first-order valence-electron chi connectivity index (χ1n) is 5.49. The first kappa shape index (κ1) is 13.6. The summed E-state index contributed by atoms with van der Waals surface area (Å²) in [5.41, 5.74) is 0. The van der Waals surface area contributed by atoms with Gasteiger partial charge in [-0.1, -0.05) is 19.9 Å². The van der Waals surface area contributed by atoms with E-state index in [0.29, 0.717) is 11.7 Å². The molecule has 1 aromatic heterocycles. The molecular weight excluding hydrogens is 238 g/mol. The fourth-order valence-electron chi connectivity index (χ4n) is 1.10. The molecule has 1 amide bonds. The van der Waals surface area contributed by atoms with Crippen LogP contribution in [0.1, 0.15) is 25.6 Å². The van der Waals surface area contributed by atoms with E-state index in [2.05, 4.69) is 30.6 Å². The number of thioether (sulfide) groups is 1. The van der Waals surface area contributed by atoms with Crippen LogP contribution >= 0.6 is 23.1 Å². The van der Waals surface area contributed by atoms with Gasteiger partial charge in [0.25, 0.3) is 0 Å². The molecular formula is C12H19NOS2. The largest absolute Gasteiger partial charge is 0.353 e. The first-order chi connectivity index (χ1) is 7.59. The van der Waals surface area contributed by atoms with Crippen LogP contribution in [-0.2, 0) is 10.5 Å². The van der Waals surface area contributed by atoms with Crippen LogP contribution in [0.5, 0.6) is 0 Å². The summed E-state index contributed by atoms with van der Waals surface area (Å²) < 4.78 is 0. The van der Waals surface area contributed by atoms with Crippen molar-refractivity contribution in [1.29, 1.82) is 0 Å². The van der Waals surface area contributed by atoms with Crippen LogP contribution in [0.25, 0.3) is 0 Å². The van der Waals surface area contributed by atoms with Gasteiger partial charge >= 0.3 is 0 Å². The number of amides is 1. The van der Waals surface area contributed by atoms with Crippen molar-refractivity contribution in [2.45, 2.75) is 32.6 Å². The second-order valence-corrected chi connectivity index (χ2v) is 6.19. The van der Waals surface area contributed by atoms with Crippen molar-refractivity contribution in [2.75, 3.05) is 5.75 Å². The summed E-state index contributed by atoms with van der Waals surface area (Å²) in [6.07, 6.45) is 0. The summed E-state index contributed by atoms with van der Waals surface area (Å²) in [6.45, 7) is 6.28. The minimum Gasteiger partial charge on any atom is -0.353 e. The second-order valence-electron chi connectivity index (χ2n) is 4.17. The van der Waals surface area contributed by atoms with Crippen molar-refractivity contribution < 1.29 is 4.79 Å². The van der Waals surface area contributed by atoms with Gasteiger partial charge in [0, 0.05) is 16.7 Å². The third kappa shape index (κ3) is 5.03. The van der Waals surface area contributed by atoms with E-state index >= 15 is 0 Å². The number of carbonyl (C=O) groups is 1. The maximum absolute atomic E-state index is 11.6. The molecule has 1 N–H and O–H groups in total. The molecule has 0 aliphatic heterocycles. The highest BCUT2D eigenvalue weighted by atomic mass is 32.2. The van der Waals surface area contributed by atoms with Gasteiger partial charge in [0.1, 0.15) is 0 Å². The van der Waals surface area contributed by atoms with Gasteiger partial charge < -0.3 is 5.32 Å². The average Bonchev–Trinajstić information content (AvgIpc) is 2.70. The Labute approximate surface area is 106 Å². The average molecular weight is 257 g/mol. The van der Waals surface area contributed by atoms with Gasteiger partial charge in [0.05, 0.1) is 5.75 Å². The first-order valence-corrected chi connectivity index (χ1v) is 7.52. The Bertz CT molecular complexity index is 309. The van der Waals surface area contributed by atoms with E-state index in [0.717, 1.165) is 5.75 Å². The van der Waals surface area contributed by atoms with Crippen LogP contribution in [0.4, 0.5) is 0 Å². The lowest BCUT2D eigenvalue weighted by molar-refractivity contribution is -0.119. The van der Waals surface area contributed by atoms with Gasteiger partial charge in [0.15, 0.2) is 0 Å². The summed E-state index contributed by atoms with van der Waals surface area (Å²) in [5, 5.41) is 5.07. The molecule has 1 aromatic rings. The molecule has 0 saturated carbocycles. The van der Waals surface area contributed by atoms with Crippen molar-refractivity contribution in [3.8, 4) is 0 Å². The topological polar surface area (TPSA) is 29.1 Å². The molecule has 1 rings (SSSR count). The maximum Gasteiger partial charge on any atom is 0.230 e. The van der Waals surface area contributed by atoms with E-state index in [-0.39, 0.29) is 11.9 Å². The highest BCUT2D eigenvalue weighted by Crippen LogP contribution is 2.16. The van der Waals surface area contributed by atoms with E-state index in [1.165, 1.54) is 4.88 Å². The van der Waals surface area contributed by atoms with Gasteiger partial charge in [-0.15, -0.1) is 23.1 Å². The summed E-state index contributed by atoms with van der Waals surface area (Å²) >= 11 is 3.41. The zero-order valence-corrected chi connectivity index (χ0v) is 11.7. The molecule has 0 radical (unpaired) electrons. The number of nitrogens with one attached hydrogen (secondary N) is 1. The Hall–Kier alpha value is -0.480. The minimum atomic E-state index is 0.141. The Balaban J connectivity index is 2.15. The molecule has 0 spiro atoms. The molecule has 1 atom stereocenters. The highest BCUT2D eigenvalue weighted by Gasteiger charge is 2.10. The fourth-order valence-corrected chi connectivity index (χ4v) is 2.78. The fraction of sp³-hybridized carbons (Fsp3) is 0.583. The molecule has 0 aromatic carbocycles. The van der Waals surface area contributed by atoms with Crippen LogP contribution < -0.4 is 5.32 Å². The second kappa shape index (κ2) is 6.97. The minimum absolute atomic E-state index is 0.141. The smallest absolute Gasteiger partial charge is 0.230 e. The SMILES string of the molecule is CC(C)[C@H](C)NC(=O)CSCc1cccs1. The number of thiophene rings is 1. The molecule has 0 bridgehead atoms. The Morgan fingerprint density at radius 1 is 1.50 bits per heavy atom. The number of hydrogen-bond donors (Lipinski definition) is 1. The predicted octanol–water partition coefficient (Wildman–Crippen LogP) is 3.14. The van der Waals surface area contributed by atoms with Crippen molar-refractivity contribution in [3.05, 3.63) is 22.4 Å². The van der Waals surface area contributed by atoms with Gasteiger partial charge in [-0.25, -0.2) is 0 Å². The van der Waals surface area contributed by atoms with E-state index < -0.39 is 0 Å². The summed E-state index contributed by atoms with van der Waals surface area (Å²) in [6, 6.07) is 4.41. The zero-order chi connectivity index (χ0) is 12.0. The Kier molecular flexibility index (Phi) is 5.91. The molecule has 0 aliphatic carbocycles. The molecule has 16 heavy (non-hydrogen) atoms. The van der Waals surface area contributed by atoms with E-state index in [4.69, 9.17) is 0 Å². The summed E-state index contributed by atoms with van der Waals surface area (Å²) in [5.74, 6) is 2.12. The van der Waals surface area contributed by atoms with Crippen LogP contribution in [0.3, 0.4) is 0 Å².